The summed E-state index contributed by atoms with van der Waals surface area (Å²) in [7, 11) is 6.03. The third-order valence-electron chi connectivity index (χ3n) is 5.75. The minimum absolute atomic E-state index is 0.227. The predicted molar refractivity (Wildman–Crippen MR) is 130 cm³/mol. The van der Waals surface area contributed by atoms with E-state index < -0.39 is 0 Å². The van der Waals surface area contributed by atoms with Crippen LogP contribution < -0.4 is 24.7 Å². The number of aromatic amines is 1. The zero-order valence-corrected chi connectivity index (χ0v) is 19.4. The number of hydrogen-bond acceptors (Lipinski definition) is 7. The van der Waals surface area contributed by atoms with Gasteiger partial charge in [0.15, 0.2) is 17.3 Å². The Kier molecular flexibility index (Phi) is 6.34. The normalized spacial score (nSPS) is 10.9. The van der Waals surface area contributed by atoms with Crippen LogP contribution in [-0.2, 0) is 6.61 Å². The molecular weight excluding hydrogens is 436 g/mol. The van der Waals surface area contributed by atoms with E-state index >= 15 is 0 Å². The molecule has 176 valence electrons. The molecule has 0 amide bonds. The summed E-state index contributed by atoms with van der Waals surface area (Å²) in [6.45, 7) is -0.227. The first-order valence-corrected chi connectivity index (χ1v) is 10.5. The number of aromatic nitrogens is 1. The number of anilines is 1. The van der Waals surface area contributed by atoms with E-state index in [1.54, 1.807) is 37.4 Å². The SMILES string of the molecule is COc1ccc(-c2[nH]c3cccc(CO)c3c2C(=O)c2cc(OC)c(OC)c(OC)c2)cc1N. The van der Waals surface area contributed by atoms with E-state index in [0.717, 1.165) is 0 Å². The molecular formula is C26H26N2O6. The molecule has 0 atom stereocenters. The maximum absolute atomic E-state index is 14.0. The third kappa shape index (κ3) is 3.78. The van der Waals surface area contributed by atoms with Crippen molar-refractivity contribution in [2.24, 2.45) is 0 Å². The van der Waals surface area contributed by atoms with Crippen molar-refractivity contribution in [3.63, 3.8) is 0 Å². The number of benzene rings is 3. The Labute approximate surface area is 196 Å². The van der Waals surface area contributed by atoms with Gasteiger partial charge >= 0.3 is 0 Å². The van der Waals surface area contributed by atoms with E-state index in [-0.39, 0.29) is 12.4 Å². The van der Waals surface area contributed by atoms with E-state index in [0.29, 0.717) is 67.5 Å². The summed E-state index contributed by atoms with van der Waals surface area (Å²) in [5.74, 6) is 1.37. The lowest BCUT2D eigenvalue weighted by Gasteiger charge is -2.14. The lowest BCUT2D eigenvalue weighted by Crippen LogP contribution is -2.06. The summed E-state index contributed by atoms with van der Waals surface area (Å²) in [5, 5.41) is 10.7. The van der Waals surface area contributed by atoms with Gasteiger partial charge < -0.3 is 34.8 Å². The van der Waals surface area contributed by atoms with Crippen molar-refractivity contribution in [2.75, 3.05) is 34.2 Å². The second-order valence-electron chi connectivity index (χ2n) is 7.57. The van der Waals surface area contributed by atoms with E-state index in [9.17, 15) is 9.90 Å². The number of nitrogen functional groups attached to an aromatic ring is 1. The third-order valence-corrected chi connectivity index (χ3v) is 5.75. The highest BCUT2D eigenvalue weighted by Crippen LogP contribution is 2.41. The average molecular weight is 463 g/mol. The van der Waals surface area contributed by atoms with Gasteiger partial charge in [0, 0.05) is 22.0 Å². The number of carbonyl (C=O) groups excluding carboxylic acids is 1. The molecule has 0 fully saturated rings. The number of H-pyrrole nitrogens is 1. The molecule has 1 heterocycles. The van der Waals surface area contributed by atoms with Crippen molar-refractivity contribution in [1.82, 2.24) is 4.98 Å². The predicted octanol–water partition coefficient (Wildman–Crippen LogP) is 4.17. The Balaban J connectivity index is 2.00. The van der Waals surface area contributed by atoms with Crippen LogP contribution in [0.1, 0.15) is 21.5 Å². The van der Waals surface area contributed by atoms with Gasteiger partial charge in [-0.25, -0.2) is 0 Å². The molecule has 4 rings (SSSR count). The minimum Gasteiger partial charge on any atom is -0.495 e. The van der Waals surface area contributed by atoms with Crippen LogP contribution in [0.15, 0.2) is 48.5 Å². The highest BCUT2D eigenvalue weighted by atomic mass is 16.5. The summed E-state index contributed by atoms with van der Waals surface area (Å²) in [5.41, 5.74) is 9.94. The maximum atomic E-state index is 14.0. The molecule has 34 heavy (non-hydrogen) atoms. The van der Waals surface area contributed by atoms with Gasteiger partial charge in [-0.2, -0.15) is 0 Å². The molecule has 0 bridgehead atoms. The van der Waals surface area contributed by atoms with Gasteiger partial charge in [0.25, 0.3) is 0 Å². The van der Waals surface area contributed by atoms with Crippen LogP contribution in [0.2, 0.25) is 0 Å². The highest BCUT2D eigenvalue weighted by molar-refractivity contribution is 6.21. The number of aliphatic hydroxyl groups excluding tert-OH is 1. The molecule has 0 aliphatic rings. The lowest BCUT2D eigenvalue weighted by atomic mass is 9.94. The first-order valence-electron chi connectivity index (χ1n) is 10.5. The van der Waals surface area contributed by atoms with Crippen LogP contribution in [0.5, 0.6) is 23.0 Å². The fourth-order valence-corrected chi connectivity index (χ4v) is 4.14. The second kappa shape index (κ2) is 9.36. The van der Waals surface area contributed by atoms with Crippen LogP contribution in [-0.4, -0.2) is 44.3 Å². The lowest BCUT2D eigenvalue weighted by molar-refractivity contribution is 0.104. The number of ether oxygens (including phenoxy) is 4. The first kappa shape index (κ1) is 23.0. The average Bonchev–Trinajstić information content (AvgIpc) is 3.27. The molecule has 8 heteroatoms. The van der Waals surface area contributed by atoms with Crippen molar-refractivity contribution >= 4 is 22.4 Å². The molecule has 0 spiro atoms. The number of fused-ring (bicyclic) bond motifs is 1. The molecule has 0 saturated carbocycles. The largest absolute Gasteiger partial charge is 0.495 e. The smallest absolute Gasteiger partial charge is 0.203 e. The second-order valence-corrected chi connectivity index (χ2v) is 7.57. The Morgan fingerprint density at radius 3 is 2.15 bits per heavy atom. The standard InChI is InChI=1S/C26H26N2O6/c1-31-19-9-8-14(10-17(19)27)24-23(22-15(13-29)6-5-7-18(22)28-24)25(30)16-11-20(32-2)26(34-4)21(12-16)33-3/h5-12,28-29H,13,27H2,1-4H3. The van der Waals surface area contributed by atoms with Crippen molar-refractivity contribution in [3.8, 4) is 34.3 Å². The summed E-state index contributed by atoms with van der Waals surface area (Å²) >= 11 is 0. The number of aliphatic hydroxyl groups is 1. The molecule has 0 saturated heterocycles. The Morgan fingerprint density at radius 2 is 1.59 bits per heavy atom. The molecule has 0 radical (unpaired) electrons. The van der Waals surface area contributed by atoms with Crippen LogP contribution in [0.3, 0.4) is 0 Å². The number of ketones is 1. The maximum Gasteiger partial charge on any atom is 0.203 e. The van der Waals surface area contributed by atoms with Crippen LogP contribution in [0.4, 0.5) is 5.69 Å². The molecule has 8 nitrogen and oxygen atoms in total. The summed E-state index contributed by atoms with van der Waals surface area (Å²) in [4.78, 5) is 17.4. The van der Waals surface area contributed by atoms with Crippen molar-refractivity contribution in [2.45, 2.75) is 6.61 Å². The Morgan fingerprint density at radius 1 is 0.912 bits per heavy atom. The Hall–Kier alpha value is -4.17. The van der Waals surface area contributed by atoms with Gasteiger partial charge in [-0.1, -0.05) is 12.1 Å². The summed E-state index contributed by atoms with van der Waals surface area (Å²) < 4.78 is 21.5. The van der Waals surface area contributed by atoms with E-state index in [1.807, 2.05) is 18.2 Å². The molecule has 4 N–H and O–H groups in total. The molecule has 4 aromatic rings. The summed E-state index contributed by atoms with van der Waals surface area (Å²) in [6.07, 6.45) is 0. The number of rotatable bonds is 8. The van der Waals surface area contributed by atoms with E-state index in [2.05, 4.69) is 4.98 Å². The molecule has 1 aromatic heterocycles. The van der Waals surface area contributed by atoms with Crippen LogP contribution >= 0.6 is 0 Å². The van der Waals surface area contributed by atoms with Gasteiger partial charge in [0.05, 0.1) is 52.0 Å². The zero-order valence-electron chi connectivity index (χ0n) is 19.4. The number of methoxy groups -OCH3 is 4. The first-order chi connectivity index (χ1) is 16.5. The number of hydrogen-bond donors (Lipinski definition) is 3. The van der Waals surface area contributed by atoms with Crippen LogP contribution in [0.25, 0.3) is 22.2 Å². The van der Waals surface area contributed by atoms with Crippen LogP contribution in [0, 0.1) is 0 Å². The van der Waals surface area contributed by atoms with Crippen molar-refractivity contribution in [1.29, 1.82) is 0 Å². The van der Waals surface area contributed by atoms with E-state index in [4.69, 9.17) is 24.7 Å². The Bertz CT molecular complexity index is 1350. The van der Waals surface area contributed by atoms with Crippen molar-refractivity contribution in [3.05, 3.63) is 65.2 Å². The van der Waals surface area contributed by atoms with Gasteiger partial charge in [-0.15, -0.1) is 0 Å². The zero-order chi connectivity index (χ0) is 24.4. The fraction of sp³-hybridized carbons (Fsp3) is 0.192. The molecule has 0 aliphatic carbocycles. The van der Waals surface area contributed by atoms with E-state index in [1.165, 1.54) is 21.3 Å². The summed E-state index contributed by atoms with van der Waals surface area (Å²) in [6, 6.07) is 14.0. The highest BCUT2D eigenvalue weighted by Gasteiger charge is 2.25. The molecule has 0 unspecified atom stereocenters. The van der Waals surface area contributed by atoms with Gasteiger partial charge in [-0.3, -0.25) is 4.79 Å². The minimum atomic E-state index is -0.282. The molecule has 3 aromatic carbocycles. The number of carbonyl (C=O) groups is 1. The number of nitrogens with two attached hydrogens (primary N) is 1. The quantitative estimate of drug-likeness (QED) is 0.266. The topological polar surface area (TPSA) is 116 Å². The monoisotopic (exact) mass is 462 g/mol. The molecule has 0 aliphatic heterocycles. The van der Waals surface area contributed by atoms with Gasteiger partial charge in [-0.05, 0) is 42.0 Å². The van der Waals surface area contributed by atoms with Gasteiger partial charge in [0.2, 0.25) is 5.75 Å². The van der Waals surface area contributed by atoms with Gasteiger partial charge in [0.1, 0.15) is 5.75 Å². The fourth-order valence-electron chi connectivity index (χ4n) is 4.14. The van der Waals surface area contributed by atoms with Crippen molar-refractivity contribution < 1.29 is 28.8 Å². The number of nitrogens with one attached hydrogen (secondary N) is 1.